The number of fused-ring (bicyclic) bond motifs is 1. The number of carbonyl (C=O) groups is 2. The topological polar surface area (TPSA) is 76.0 Å². The summed E-state index contributed by atoms with van der Waals surface area (Å²) in [5.74, 6) is -3.16. The van der Waals surface area contributed by atoms with Crippen LogP contribution in [0.5, 0.6) is 0 Å². The van der Waals surface area contributed by atoms with Crippen molar-refractivity contribution in [1.29, 1.82) is 0 Å². The van der Waals surface area contributed by atoms with Gasteiger partial charge in [0.25, 0.3) is 5.91 Å². The molecular formula is C22H20F2N4O2. The van der Waals surface area contributed by atoms with Crippen molar-refractivity contribution in [1.82, 2.24) is 15.1 Å². The molecule has 2 aromatic carbocycles. The van der Waals surface area contributed by atoms with Crippen LogP contribution < -0.4 is 10.6 Å². The Kier molecular flexibility index (Phi) is 4.85. The van der Waals surface area contributed by atoms with Crippen LogP contribution in [0.4, 0.5) is 14.6 Å². The maximum absolute atomic E-state index is 14.0. The molecule has 0 bridgehead atoms. The van der Waals surface area contributed by atoms with Crippen LogP contribution >= 0.6 is 0 Å². The van der Waals surface area contributed by atoms with E-state index in [9.17, 15) is 18.4 Å². The monoisotopic (exact) mass is 410 g/mol. The summed E-state index contributed by atoms with van der Waals surface area (Å²) in [5, 5.41) is 9.89. The van der Waals surface area contributed by atoms with Crippen molar-refractivity contribution in [2.24, 2.45) is 7.05 Å². The summed E-state index contributed by atoms with van der Waals surface area (Å²) in [7, 11) is 1.68. The summed E-state index contributed by atoms with van der Waals surface area (Å²) < 4.78 is 29.1. The van der Waals surface area contributed by atoms with Gasteiger partial charge in [0.1, 0.15) is 11.9 Å². The van der Waals surface area contributed by atoms with Crippen LogP contribution in [0, 0.1) is 25.5 Å². The van der Waals surface area contributed by atoms with Gasteiger partial charge in [0.2, 0.25) is 5.91 Å². The van der Waals surface area contributed by atoms with E-state index in [2.05, 4.69) is 15.7 Å². The maximum Gasteiger partial charge on any atom is 0.251 e. The molecule has 1 aromatic heterocycles. The molecule has 2 atom stereocenters. The van der Waals surface area contributed by atoms with Crippen LogP contribution in [0.3, 0.4) is 0 Å². The van der Waals surface area contributed by atoms with Crippen LogP contribution in [0.2, 0.25) is 0 Å². The first-order valence-electron chi connectivity index (χ1n) is 9.43. The third-order valence-electron chi connectivity index (χ3n) is 5.31. The number of hydrogen-bond donors (Lipinski definition) is 2. The minimum Gasteiger partial charge on any atom is -0.339 e. The van der Waals surface area contributed by atoms with Gasteiger partial charge in [-0.1, -0.05) is 23.8 Å². The Morgan fingerprint density at radius 2 is 1.90 bits per heavy atom. The lowest BCUT2D eigenvalue weighted by atomic mass is 9.81. The van der Waals surface area contributed by atoms with Crippen molar-refractivity contribution in [3.63, 3.8) is 0 Å². The molecule has 3 aromatic rings. The Hall–Kier alpha value is -3.55. The van der Waals surface area contributed by atoms with E-state index in [-0.39, 0.29) is 0 Å². The number of aryl methyl sites for hydroxylation is 3. The minimum absolute atomic E-state index is 0.371. The Labute approximate surface area is 171 Å². The molecule has 0 saturated heterocycles. The summed E-state index contributed by atoms with van der Waals surface area (Å²) in [6.45, 7) is 3.63. The van der Waals surface area contributed by atoms with E-state index in [0.29, 0.717) is 28.2 Å². The van der Waals surface area contributed by atoms with Gasteiger partial charge in [-0.15, -0.1) is 0 Å². The molecule has 0 radical (unpaired) electrons. The molecule has 30 heavy (non-hydrogen) atoms. The molecule has 2 N–H and O–H groups in total. The number of amides is 2. The number of benzene rings is 2. The van der Waals surface area contributed by atoms with E-state index in [1.807, 2.05) is 13.0 Å². The third kappa shape index (κ3) is 3.34. The second-order valence-corrected chi connectivity index (χ2v) is 7.43. The number of rotatable bonds is 3. The van der Waals surface area contributed by atoms with E-state index >= 15 is 0 Å². The van der Waals surface area contributed by atoms with Crippen LogP contribution in [-0.4, -0.2) is 27.6 Å². The van der Waals surface area contributed by atoms with Crippen molar-refractivity contribution in [3.05, 3.63) is 82.0 Å². The van der Waals surface area contributed by atoms with E-state index in [4.69, 9.17) is 0 Å². The van der Waals surface area contributed by atoms with E-state index in [0.717, 1.165) is 17.7 Å². The van der Waals surface area contributed by atoms with Gasteiger partial charge in [0.05, 0.1) is 5.69 Å². The first-order valence-corrected chi connectivity index (χ1v) is 9.43. The van der Waals surface area contributed by atoms with Crippen LogP contribution in [0.25, 0.3) is 0 Å². The average Bonchev–Trinajstić information content (AvgIpc) is 2.98. The number of aromatic nitrogens is 2. The van der Waals surface area contributed by atoms with Crippen molar-refractivity contribution < 1.29 is 18.4 Å². The maximum atomic E-state index is 14.0. The Morgan fingerprint density at radius 3 is 2.60 bits per heavy atom. The van der Waals surface area contributed by atoms with Crippen molar-refractivity contribution in [2.45, 2.75) is 25.8 Å². The summed E-state index contributed by atoms with van der Waals surface area (Å²) in [4.78, 5) is 25.8. The van der Waals surface area contributed by atoms with Gasteiger partial charge in [0.15, 0.2) is 11.6 Å². The zero-order chi connectivity index (χ0) is 21.6. The first-order chi connectivity index (χ1) is 14.3. The molecule has 0 unspecified atom stereocenters. The first kappa shape index (κ1) is 19.8. The summed E-state index contributed by atoms with van der Waals surface area (Å²) in [5.41, 5.74) is 2.95. The summed E-state index contributed by atoms with van der Waals surface area (Å²) >= 11 is 0. The normalized spacial score (nSPS) is 18.0. The number of nitrogens with one attached hydrogen (secondary N) is 2. The largest absolute Gasteiger partial charge is 0.339 e. The van der Waals surface area contributed by atoms with Crippen molar-refractivity contribution in [2.75, 3.05) is 5.32 Å². The molecule has 8 heteroatoms. The second kappa shape index (κ2) is 7.37. The van der Waals surface area contributed by atoms with Gasteiger partial charge in [0, 0.05) is 24.1 Å². The number of hydrogen-bond acceptors (Lipinski definition) is 3. The van der Waals surface area contributed by atoms with Gasteiger partial charge in [-0.2, -0.15) is 5.10 Å². The molecule has 2 heterocycles. The predicted molar refractivity (Wildman–Crippen MR) is 107 cm³/mol. The molecule has 0 spiro atoms. The SMILES string of the molecule is Cc1cccc(C(=O)N[C@H]2C(=O)Nc3c(c(C)nn3C)[C@H]2c2ccc(F)c(F)c2)c1. The van der Waals surface area contributed by atoms with Gasteiger partial charge in [-0.25, -0.2) is 8.78 Å². The Balaban J connectivity index is 1.80. The Bertz CT molecular complexity index is 1170. The molecule has 1 aliphatic rings. The van der Waals surface area contributed by atoms with Crippen LogP contribution in [-0.2, 0) is 11.8 Å². The fourth-order valence-corrected chi connectivity index (χ4v) is 3.93. The molecule has 4 rings (SSSR count). The lowest BCUT2D eigenvalue weighted by molar-refractivity contribution is -0.118. The lowest BCUT2D eigenvalue weighted by Crippen LogP contribution is -2.50. The van der Waals surface area contributed by atoms with Crippen LogP contribution in [0.15, 0.2) is 42.5 Å². The Morgan fingerprint density at radius 1 is 1.13 bits per heavy atom. The third-order valence-corrected chi connectivity index (χ3v) is 5.31. The molecule has 2 amide bonds. The smallest absolute Gasteiger partial charge is 0.251 e. The number of carbonyl (C=O) groups excluding carboxylic acids is 2. The van der Waals surface area contributed by atoms with Crippen LogP contribution in [0.1, 0.15) is 38.7 Å². The van der Waals surface area contributed by atoms with E-state index in [1.54, 1.807) is 32.2 Å². The number of halogens is 2. The molecule has 6 nitrogen and oxygen atoms in total. The zero-order valence-electron chi connectivity index (χ0n) is 16.7. The zero-order valence-corrected chi connectivity index (χ0v) is 16.7. The standard InChI is InChI=1S/C22H20F2N4O2/c1-11-5-4-6-14(9-11)21(29)25-19-18(13-7-8-15(23)16(24)10-13)17-12(2)27-28(3)20(17)26-22(19)30/h4-10,18-19H,1-3H3,(H,25,29)(H,26,30)/t18-,19-/m1/s1. The fourth-order valence-electron chi connectivity index (χ4n) is 3.93. The highest BCUT2D eigenvalue weighted by Crippen LogP contribution is 2.39. The highest BCUT2D eigenvalue weighted by atomic mass is 19.2. The molecule has 0 fully saturated rings. The summed E-state index contributed by atoms with van der Waals surface area (Å²) in [6.07, 6.45) is 0. The van der Waals surface area contributed by atoms with Gasteiger partial charge in [-0.3, -0.25) is 14.3 Å². The number of anilines is 1. The van der Waals surface area contributed by atoms with Crippen molar-refractivity contribution in [3.8, 4) is 0 Å². The highest BCUT2D eigenvalue weighted by molar-refractivity contribution is 6.03. The molecular weight excluding hydrogens is 390 g/mol. The van der Waals surface area contributed by atoms with Crippen molar-refractivity contribution >= 4 is 17.6 Å². The predicted octanol–water partition coefficient (Wildman–Crippen LogP) is 3.20. The second-order valence-electron chi connectivity index (χ2n) is 7.43. The molecule has 154 valence electrons. The quantitative estimate of drug-likeness (QED) is 0.696. The van der Waals surface area contributed by atoms with Gasteiger partial charge in [-0.05, 0) is 43.7 Å². The minimum atomic E-state index is -1.03. The van der Waals surface area contributed by atoms with Gasteiger partial charge >= 0.3 is 0 Å². The summed E-state index contributed by atoms with van der Waals surface area (Å²) in [6, 6.07) is 9.44. The lowest BCUT2D eigenvalue weighted by Gasteiger charge is -2.32. The van der Waals surface area contributed by atoms with E-state index in [1.165, 1.54) is 10.7 Å². The highest BCUT2D eigenvalue weighted by Gasteiger charge is 2.41. The molecule has 1 aliphatic heterocycles. The number of nitrogens with zero attached hydrogens (tertiary/aromatic N) is 2. The van der Waals surface area contributed by atoms with Gasteiger partial charge < -0.3 is 10.6 Å². The average molecular weight is 410 g/mol. The fraction of sp³-hybridized carbons (Fsp3) is 0.227. The molecule has 0 saturated carbocycles. The molecule has 0 aliphatic carbocycles. The van der Waals surface area contributed by atoms with E-state index < -0.39 is 35.4 Å².